The molecular formula is C9H16N4O2S. The molecule has 1 unspecified atom stereocenters. The first-order valence-corrected chi connectivity index (χ1v) is 5.90. The molecule has 0 aliphatic rings. The first-order valence-electron chi connectivity index (χ1n) is 5.08. The molecule has 0 saturated carbocycles. The fourth-order valence-corrected chi connectivity index (χ4v) is 1.68. The highest BCUT2D eigenvalue weighted by Gasteiger charge is 2.12. The molecule has 0 radical (unpaired) electrons. The molecule has 90 valence electrons. The van der Waals surface area contributed by atoms with Crippen LogP contribution in [0.25, 0.3) is 0 Å². The first-order chi connectivity index (χ1) is 7.67. The number of ether oxygens (including phenoxy) is 1. The summed E-state index contributed by atoms with van der Waals surface area (Å²) in [5.74, 6) is -0.217. The van der Waals surface area contributed by atoms with E-state index in [-0.39, 0.29) is 12.0 Å². The molecule has 16 heavy (non-hydrogen) atoms. The number of anilines is 1. The number of amides is 1. The number of carbonyl (C=O) groups excluding carboxylic acids is 1. The number of rotatable bonds is 6. The van der Waals surface area contributed by atoms with Gasteiger partial charge in [-0.15, -0.1) is 10.2 Å². The van der Waals surface area contributed by atoms with Gasteiger partial charge < -0.3 is 15.4 Å². The maximum Gasteiger partial charge on any atom is 0.282 e. The lowest BCUT2D eigenvalue weighted by atomic mass is 10.4. The third-order valence-electron chi connectivity index (χ3n) is 1.83. The van der Waals surface area contributed by atoms with Crippen molar-refractivity contribution in [3.05, 3.63) is 5.01 Å². The molecule has 1 aromatic heterocycles. The van der Waals surface area contributed by atoms with Crippen LogP contribution in [0, 0.1) is 0 Å². The van der Waals surface area contributed by atoms with Crippen molar-refractivity contribution in [1.29, 1.82) is 0 Å². The lowest BCUT2D eigenvalue weighted by Gasteiger charge is -2.11. The number of nitrogens with one attached hydrogen (secondary N) is 2. The van der Waals surface area contributed by atoms with E-state index in [0.29, 0.717) is 23.3 Å². The van der Waals surface area contributed by atoms with Crippen molar-refractivity contribution >= 4 is 22.4 Å². The van der Waals surface area contributed by atoms with E-state index in [4.69, 9.17) is 4.74 Å². The summed E-state index contributed by atoms with van der Waals surface area (Å²) in [5.41, 5.74) is 0. The molecule has 1 aromatic rings. The van der Waals surface area contributed by atoms with Gasteiger partial charge in [0.1, 0.15) is 0 Å². The molecule has 1 rings (SSSR count). The van der Waals surface area contributed by atoms with Gasteiger partial charge >= 0.3 is 0 Å². The van der Waals surface area contributed by atoms with Gasteiger partial charge in [-0.1, -0.05) is 11.3 Å². The summed E-state index contributed by atoms with van der Waals surface area (Å²) in [6, 6.07) is 0. The molecule has 1 heterocycles. The lowest BCUT2D eigenvalue weighted by molar-refractivity contribution is 0.0694. The zero-order valence-electron chi connectivity index (χ0n) is 9.61. The summed E-state index contributed by atoms with van der Waals surface area (Å²) in [6.07, 6.45) is 0.00522. The van der Waals surface area contributed by atoms with Crippen LogP contribution in [-0.2, 0) is 4.74 Å². The third-order valence-corrected chi connectivity index (χ3v) is 2.77. The normalized spacial score (nSPS) is 12.2. The van der Waals surface area contributed by atoms with Gasteiger partial charge in [0.05, 0.1) is 6.10 Å². The minimum atomic E-state index is -0.217. The van der Waals surface area contributed by atoms with Crippen molar-refractivity contribution in [2.75, 3.05) is 25.5 Å². The van der Waals surface area contributed by atoms with Gasteiger partial charge in [0.15, 0.2) is 0 Å². The largest absolute Gasteiger partial charge is 0.377 e. The summed E-state index contributed by atoms with van der Waals surface area (Å²) in [7, 11) is 1.74. The molecule has 1 amide bonds. The highest BCUT2D eigenvalue weighted by atomic mass is 32.1. The zero-order chi connectivity index (χ0) is 12.0. The summed E-state index contributed by atoms with van der Waals surface area (Å²) >= 11 is 1.22. The van der Waals surface area contributed by atoms with Crippen LogP contribution in [-0.4, -0.2) is 42.4 Å². The molecule has 0 fully saturated rings. The Morgan fingerprint density at radius 2 is 2.31 bits per heavy atom. The summed E-state index contributed by atoms with van der Waals surface area (Å²) in [6.45, 7) is 4.94. The zero-order valence-corrected chi connectivity index (χ0v) is 10.4. The predicted octanol–water partition coefficient (Wildman–Crippen LogP) is 0.735. The summed E-state index contributed by atoms with van der Waals surface area (Å²) in [5, 5.41) is 14.1. The van der Waals surface area contributed by atoms with Gasteiger partial charge in [0.2, 0.25) is 10.1 Å². The average molecular weight is 244 g/mol. The monoisotopic (exact) mass is 244 g/mol. The first kappa shape index (κ1) is 12.9. The van der Waals surface area contributed by atoms with Gasteiger partial charge in [-0.3, -0.25) is 4.79 Å². The van der Waals surface area contributed by atoms with Crippen molar-refractivity contribution in [1.82, 2.24) is 15.5 Å². The van der Waals surface area contributed by atoms with Crippen LogP contribution in [0.3, 0.4) is 0 Å². The molecule has 6 nitrogen and oxygen atoms in total. The Bertz CT molecular complexity index is 342. The van der Waals surface area contributed by atoms with E-state index in [9.17, 15) is 4.79 Å². The second-order valence-electron chi connectivity index (χ2n) is 3.14. The fraction of sp³-hybridized carbons (Fsp3) is 0.667. The van der Waals surface area contributed by atoms with Crippen LogP contribution < -0.4 is 10.6 Å². The number of aromatic nitrogens is 2. The number of nitrogens with zero attached hydrogens (tertiary/aromatic N) is 2. The highest BCUT2D eigenvalue weighted by Crippen LogP contribution is 2.13. The minimum absolute atomic E-state index is 0.00522. The number of hydrogen-bond acceptors (Lipinski definition) is 6. The van der Waals surface area contributed by atoms with E-state index in [1.807, 2.05) is 13.8 Å². The molecule has 0 saturated heterocycles. The molecule has 0 spiro atoms. The van der Waals surface area contributed by atoms with E-state index < -0.39 is 0 Å². The Kier molecular flexibility index (Phi) is 5.13. The van der Waals surface area contributed by atoms with E-state index in [0.717, 1.165) is 0 Å². The van der Waals surface area contributed by atoms with E-state index in [1.165, 1.54) is 11.3 Å². The fourth-order valence-electron chi connectivity index (χ4n) is 1.07. The molecule has 0 aromatic carbocycles. The third kappa shape index (κ3) is 3.74. The van der Waals surface area contributed by atoms with Gasteiger partial charge in [0, 0.05) is 20.2 Å². The Morgan fingerprint density at radius 1 is 1.56 bits per heavy atom. The Balaban J connectivity index is 2.40. The topological polar surface area (TPSA) is 76.1 Å². The molecule has 2 N–H and O–H groups in total. The van der Waals surface area contributed by atoms with Crippen LogP contribution in [0.4, 0.5) is 5.13 Å². The van der Waals surface area contributed by atoms with Crippen molar-refractivity contribution < 1.29 is 9.53 Å². The SMILES string of the molecule is CCOC(C)CNC(=O)c1nnc(NC)s1. The molecule has 0 bridgehead atoms. The van der Waals surface area contributed by atoms with Crippen molar-refractivity contribution in [2.24, 2.45) is 0 Å². The van der Waals surface area contributed by atoms with Gasteiger partial charge in [0.25, 0.3) is 5.91 Å². The predicted molar refractivity (Wildman–Crippen MR) is 62.9 cm³/mol. The second-order valence-corrected chi connectivity index (χ2v) is 4.12. The summed E-state index contributed by atoms with van der Waals surface area (Å²) in [4.78, 5) is 11.6. The molecular weight excluding hydrogens is 228 g/mol. The maximum absolute atomic E-state index is 11.6. The lowest BCUT2D eigenvalue weighted by Crippen LogP contribution is -2.32. The summed E-state index contributed by atoms with van der Waals surface area (Å²) < 4.78 is 5.29. The van der Waals surface area contributed by atoms with Crippen LogP contribution >= 0.6 is 11.3 Å². The molecule has 1 atom stereocenters. The van der Waals surface area contributed by atoms with E-state index >= 15 is 0 Å². The Hall–Kier alpha value is -1.21. The van der Waals surface area contributed by atoms with Crippen LogP contribution in [0.5, 0.6) is 0 Å². The second kappa shape index (κ2) is 6.39. The van der Waals surface area contributed by atoms with Crippen LogP contribution in [0.2, 0.25) is 0 Å². The van der Waals surface area contributed by atoms with Crippen LogP contribution in [0.1, 0.15) is 23.6 Å². The molecule has 7 heteroatoms. The van der Waals surface area contributed by atoms with Gasteiger partial charge in [-0.05, 0) is 13.8 Å². The van der Waals surface area contributed by atoms with Crippen molar-refractivity contribution in [3.8, 4) is 0 Å². The van der Waals surface area contributed by atoms with Crippen molar-refractivity contribution in [2.45, 2.75) is 20.0 Å². The van der Waals surface area contributed by atoms with Crippen LogP contribution in [0.15, 0.2) is 0 Å². The van der Waals surface area contributed by atoms with Gasteiger partial charge in [-0.2, -0.15) is 0 Å². The standard InChI is InChI=1S/C9H16N4O2S/c1-4-15-6(2)5-11-7(14)8-12-13-9(10-3)16-8/h6H,4-5H2,1-3H3,(H,10,13)(H,11,14). The van der Waals surface area contributed by atoms with Gasteiger partial charge in [-0.25, -0.2) is 0 Å². The molecule has 0 aliphatic heterocycles. The van der Waals surface area contributed by atoms with Crippen molar-refractivity contribution in [3.63, 3.8) is 0 Å². The van der Waals surface area contributed by atoms with E-state index in [1.54, 1.807) is 7.05 Å². The molecule has 0 aliphatic carbocycles. The number of hydrogen-bond donors (Lipinski definition) is 2. The quantitative estimate of drug-likeness (QED) is 0.771. The van der Waals surface area contributed by atoms with E-state index in [2.05, 4.69) is 20.8 Å². The maximum atomic E-state index is 11.6. The average Bonchev–Trinajstić information content (AvgIpc) is 2.75. The highest BCUT2D eigenvalue weighted by molar-refractivity contribution is 7.17. The Labute approximate surface area is 98.4 Å². The minimum Gasteiger partial charge on any atom is -0.377 e. The smallest absolute Gasteiger partial charge is 0.282 e. The number of carbonyl (C=O) groups is 1. The Morgan fingerprint density at radius 3 is 2.88 bits per heavy atom.